The van der Waals surface area contributed by atoms with Gasteiger partial charge in [-0.1, -0.05) is 13.5 Å². The molecule has 1 heterocycles. The molecule has 86 valence electrons. The number of anilines is 1. The van der Waals surface area contributed by atoms with Crippen molar-refractivity contribution in [1.29, 1.82) is 0 Å². The molecule has 0 amide bonds. The lowest BCUT2D eigenvalue weighted by molar-refractivity contribution is 0.595. The molecular weight excluding hydrogens is 216 g/mol. The van der Waals surface area contributed by atoms with E-state index < -0.39 is 10.2 Å². The van der Waals surface area contributed by atoms with Gasteiger partial charge >= 0.3 is 0 Å². The first-order valence-corrected chi connectivity index (χ1v) is 5.37. The Kier molecular flexibility index (Phi) is 4.66. The number of aromatic nitrogens is 1. The predicted octanol–water partition coefficient (Wildman–Crippen LogP) is -0.184. The minimum atomic E-state index is -3.77. The van der Waals surface area contributed by atoms with Gasteiger partial charge in [-0.25, -0.2) is 14.4 Å². The number of pyridine rings is 1. The van der Waals surface area contributed by atoms with Crippen molar-refractivity contribution in [2.75, 3.05) is 11.4 Å². The Morgan fingerprint density at radius 3 is 2.60 bits per heavy atom. The molecule has 0 aliphatic rings. The van der Waals surface area contributed by atoms with Crippen molar-refractivity contribution in [3.8, 4) is 0 Å². The van der Waals surface area contributed by atoms with Crippen LogP contribution in [0.3, 0.4) is 0 Å². The van der Waals surface area contributed by atoms with E-state index in [-0.39, 0.29) is 19.8 Å². The second-order valence-electron chi connectivity index (χ2n) is 2.70. The Morgan fingerprint density at radius 2 is 2.13 bits per heavy atom. The van der Waals surface area contributed by atoms with Gasteiger partial charge in [-0.3, -0.25) is 0 Å². The van der Waals surface area contributed by atoms with Crippen LogP contribution in [-0.4, -0.2) is 20.4 Å². The summed E-state index contributed by atoms with van der Waals surface area (Å²) < 4.78 is 22.9. The van der Waals surface area contributed by atoms with Gasteiger partial charge in [-0.15, -0.1) is 0 Å². The molecule has 15 heavy (non-hydrogen) atoms. The number of hydrogen-bond donors (Lipinski definition) is 2. The third-order valence-electron chi connectivity index (χ3n) is 1.77. The van der Waals surface area contributed by atoms with E-state index >= 15 is 0 Å². The number of nitrogens with two attached hydrogens (primary N) is 2. The molecule has 1 aromatic heterocycles. The van der Waals surface area contributed by atoms with E-state index in [1.165, 1.54) is 13.2 Å². The maximum Gasteiger partial charge on any atom is 0.299 e. The Bertz CT molecular complexity index is 418. The summed E-state index contributed by atoms with van der Waals surface area (Å²) in [5, 5.41) is 4.95. The van der Waals surface area contributed by atoms with Gasteiger partial charge in [-0.2, -0.15) is 8.42 Å². The third-order valence-corrected chi connectivity index (χ3v) is 2.70. The average molecular weight is 232 g/mol. The zero-order valence-electron chi connectivity index (χ0n) is 7.71. The first-order valence-electron chi connectivity index (χ1n) is 3.87. The van der Waals surface area contributed by atoms with Gasteiger partial charge in [0.15, 0.2) is 0 Å². The number of hydrogen-bond acceptors (Lipinski definition) is 4. The van der Waals surface area contributed by atoms with Gasteiger partial charge in [0.1, 0.15) is 5.82 Å². The number of nitrogens with zero attached hydrogens (tertiary/aromatic N) is 2. The maximum absolute atomic E-state index is 11.0. The second kappa shape index (κ2) is 5.06. The van der Waals surface area contributed by atoms with Crippen molar-refractivity contribution in [3.05, 3.63) is 23.9 Å². The highest BCUT2D eigenvalue weighted by Gasteiger charge is 2.16. The molecule has 0 radical (unpaired) electrons. The maximum atomic E-state index is 11.0. The van der Waals surface area contributed by atoms with Crippen molar-refractivity contribution in [2.45, 2.75) is 14.0 Å². The minimum Gasteiger partial charge on any atom is -0.326 e. The van der Waals surface area contributed by atoms with Crippen LogP contribution in [0.4, 0.5) is 5.82 Å². The Hall–Kier alpha value is -1.18. The lowest BCUT2D eigenvalue weighted by atomic mass is 10.2. The van der Waals surface area contributed by atoms with Gasteiger partial charge in [-0.05, 0) is 6.07 Å². The molecule has 0 aromatic carbocycles. The van der Waals surface area contributed by atoms with Crippen LogP contribution in [0.15, 0.2) is 18.3 Å². The van der Waals surface area contributed by atoms with Crippen molar-refractivity contribution >= 4 is 16.0 Å². The standard InChI is InChI=1S/C7H12N4O2S.CH4/c1-11(14(9,12)13)7-6(5-8)3-2-4-10-7;/h2-4H,5,8H2,1H3,(H2,9,12,13);1H4. The van der Waals surface area contributed by atoms with E-state index in [4.69, 9.17) is 10.9 Å². The van der Waals surface area contributed by atoms with Crippen molar-refractivity contribution < 1.29 is 8.42 Å². The monoisotopic (exact) mass is 232 g/mol. The smallest absolute Gasteiger partial charge is 0.299 e. The highest BCUT2D eigenvalue weighted by molar-refractivity contribution is 7.90. The van der Waals surface area contributed by atoms with Crippen LogP contribution in [0.1, 0.15) is 13.0 Å². The fraction of sp³-hybridized carbons (Fsp3) is 0.375. The molecule has 0 saturated carbocycles. The SMILES string of the molecule is C.CN(c1ncccc1CN)S(N)(=O)=O. The first kappa shape index (κ1) is 13.8. The van der Waals surface area contributed by atoms with Gasteiger partial charge in [0.2, 0.25) is 0 Å². The summed E-state index contributed by atoms with van der Waals surface area (Å²) in [5.41, 5.74) is 6.06. The molecule has 6 nitrogen and oxygen atoms in total. The number of rotatable bonds is 3. The van der Waals surface area contributed by atoms with Crippen LogP contribution >= 0.6 is 0 Å². The summed E-state index contributed by atoms with van der Waals surface area (Å²) in [6, 6.07) is 3.38. The van der Waals surface area contributed by atoms with E-state index in [0.29, 0.717) is 5.56 Å². The van der Waals surface area contributed by atoms with Gasteiger partial charge in [0.25, 0.3) is 10.2 Å². The van der Waals surface area contributed by atoms with Gasteiger partial charge < -0.3 is 5.73 Å². The Labute approximate surface area is 90.1 Å². The molecule has 4 N–H and O–H groups in total. The topological polar surface area (TPSA) is 102 Å². The summed E-state index contributed by atoms with van der Waals surface area (Å²) in [5.74, 6) is 0.262. The normalized spacial score (nSPS) is 10.6. The highest BCUT2D eigenvalue weighted by Crippen LogP contribution is 2.16. The van der Waals surface area contributed by atoms with Crippen molar-refractivity contribution in [3.63, 3.8) is 0 Å². The molecule has 7 heteroatoms. The molecule has 0 unspecified atom stereocenters. The lowest BCUT2D eigenvalue weighted by Gasteiger charge is -2.17. The summed E-state index contributed by atoms with van der Waals surface area (Å²) in [6.07, 6.45) is 1.48. The van der Waals surface area contributed by atoms with E-state index in [1.54, 1.807) is 12.1 Å². The predicted molar refractivity (Wildman–Crippen MR) is 60.4 cm³/mol. The fourth-order valence-electron chi connectivity index (χ4n) is 0.994. The zero-order chi connectivity index (χ0) is 10.8. The van der Waals surface area contributed by atoms with Crippen LogP contribution in [-0.2, 0) is 16.8 Å². The summed E-state index contributed by atoms with van der Waals surface area (Å²) in [6.45, 7) is 0.211. The Morgan fingerprint density at radius 1 is 1.53 bits per heavy atom. The molecule has 0 atom stereocenters. The van der Waals surface area contributed by atoms with E-state index in [9.17, 15) is 8.42 Å². The second-order valence-corrected chi connectivity index (χ2v) is 4.28. The molecule has 0 bridgehead atoms. The quantitative estimate of drug-likeness (QED) is 0.754. The van der Waals surface area contributed by atoms with Crippen molar-refractivity contribution in [2.24, 2.45) is 10.9 Å². The van der Waals surface area contributed by atoms with E-state index in [1.807, 2.05) is 0 Å². The zero-order valence-corrected chi connectivity index (χ0v) is 8.53. The van der Waals surface area contributed by atoms with Crippen molar-refractivity contribution in [1.82, 2.24) is 4.98 Å². The highest BCUT2D eigenvalue weighted by atomic mass is 32.2. The van der Waals surface area contributed by atoms with Gasteiger partial charge in [0, 0.05) is 25.4 Å². The van der Waals surface area contributed by atoms with Crippen LogP contribution in [0, 0.1) is 0 Å². The first-order chi connectivity index (χ1) is 6.46. The molecular formula is C8H16N4O2S. The van der Waals surface area contributed by atoms with Crippen LogP contribution in [0.5, 0.6) is 0 Å². The van der Waals surface area contributed by atoms with E-state index in [0.717, 1.165) is 4.31 Å². The fourth-order valence-corrected chi connectivity index (χ4v) is 1.40. The van der Waals surface area contributed by atoms with E-state index in [2.05, 4.69) is 4.98 Å². The third kappa shape index (κ3) is 3.15. The molecule has 0 spiro atoms. The molecule has 0 aliphatic carbocycles. The lowest BCUT2D eigenvalue weighted by Crippen LogP contribution is -2.34. The van der Waals surface area contributed by atoms with Crippen LogP contribution in [0.2, 0.25) is 0 Å². The van der Waals surface area contributed by atoms with Gasteiger partial charge in [0.05, 0.1) is 0 Å². The molecule has 0 fully saturated rings. The Balaban J connectivity index is 0.00000196. The molecule has 1 rings (SSSR count). The molecule has 0 saturated heterocycles. The van der Waals surface area contributed by atoms with Crippen LogP contribution in [0.25, 0.3) is 0 Å². The summed E-state index contributed by atoms with van der Waals surface area (Å²) in [4.78, 5) is 3.90. The van der Waals surface area contributed by atoms with Crippen LogP contribution < -0.4 is 15.2 Å². The minimum absolute atomic E-state index is 0. The summed E-state index contributed by atoms with van der Waals surface area (Å²) >= 11 is 0. The molecule has 0 aliphatic heterocycles. The molecule has 1 aromatic rings. The average Bonchev–Trinajstić information content (AvgIpc) is 2.15. The summed E-state index contributed by atoms with van der Waals surface area (Å²) in [7, 11) is -2.44. The largest absolute Gasteiger partial charge is 0.326 e.